The van der Waals surface area contributed by atoms with Crippen LogP contribution in [0.3, 0.4) is 0 Å². The maximum atomic E-state index is 14.6. The second-order valence-corrected chi connectivity index (χ2v) is 10.5. The Morgan fingerprint density at radius 1 is 0.574 bits per heavy atom. The van der Waals surface area contributed by atoms with E-state index in [1.54, 1.807) is 19.9 Å². The van der Waals surface area contributed by atoms with E-state index in [9.17, 15) is 28.0 Å². The minimum atomic E-state index is -2.95. The summed E-state index contributed by atoms with van der Waals surface area (Å²) in [4.78, 5) is 49.5. The Morgan fingerprint density at radius 2 is 0.957 bits per heavy atom. The quantitative estimate of drug-likeness (QED) is 0.103. The van der Waals surface area contributed by atoms with E-state index in [0.29, 0.717) is 24.0 Å². The third-order valence-corrected chi connectivity index (χ3v) is 6.76. The molecule has 0 bridgehead atoms. The van der Waals surface area contributed by atoms with Crippen molar-refractivity contribution in [2.24, 2.45) is 0 Å². The summed E-state index contributed by atoms with van der Waals surface area (Å²) in [6.45, 7) is 20.7. The van der Waals surface area contributed by atoms with E-state index in [0.717, 1.165) is 0 Å². The van der Waals surface area contributed by atoms with Crippen LogP contribution in [0.25, 0.3) is 22.3 Å². The highest BCUT2D eigenvalue weighted by molar-refractivity contribution is 5.93. The maximum Gasteiger partial charge on any atom is 0.338 e. The topological polar surface area (TPSA) is 105 Å². The lowest BCUT2D eigenvalue weighted by Gasteiger charge is -2.16. The van der Waals surface area contributed by atoms with Crippen LogP contribution in [0.4, 0.5) is 8.78 Å². The molecule has 47 heavy (non-hydrogen) atoms. The highest BCUT2D eigenvalue weighted by Gasteiger charge is 2.22. The molecule has 3 aromatic rings. The van der Waals surface area contributed by atoms with Crippen LogP contribution in [0, 0.1) is 0 Å². The minimum absolute atomic E-state index is 0.0806. The van der Waals surface area contributed by atoms with Gasteiger partial charge in [0.15, 0.2) is 23.0 Å². The van der Waals surface area contributed by atoms with Crippen molar-refractivity contribution in [3.8, 4) is 45.3 Å². The molecule has 0 aromatic heterocycles. The number of carbonyl (C=O) groups excluding carboxylic acids is 4. The van der Waals surface area contributed by atoms with E-state index in [-0.39, 0.29) is 62.0 Å². The van der Waals surface area contributed by atoms with E-state index < -0.39 is 30.3 Å². The zero-order chi connectivity index (χ0) is 35.0. The van der Waals surface area contributed by atoms with Crippen LogP contribution < -0.4 is 18.9 Å². The fourth-order valence-corrected chi connectivity index (χ4v) is 3.88. The Morgan fingerprint density at radius 3 is 1.43 bits per heavy atom. The number of halogens is 2. The van der Waals surface area contributed by atoms with E-state index in [2.05, 4.69) is 26.3 Å². The molecule has 0 N–H and O–H groups in total. The van der Waals surface area contributed by atoms with Gasteiger partial charge in [-0.05, 0) is 79.3 Å². The summed E-state index contributed by atoms with van der Waals surface area (Å²) in [5.74, 6) is -3.56. The summed E-state index contributed by atoms with van der Waals surface area (Å²) < 4.78 is 50.6. The van der Waals surface area contributed by atoms with Crippen LogP contribution in [-0.2, 0) is 19.2 Å². The second-order valence-electron chi connectivity index (χ2n) is 10.5. The number of alkyl halides is 2. The fourth-order valence-electron chi connectivity index (χ4n) is 3.88. The summed E-state index contributed by atoms with van der Waals surface area (Å²) in [6, 6.07) is 12.6. The van der Waals surface area contributed by atoms with Gasteiger partial charge in [-0.25, -0.2) is 28.0 Å². The Hall–Kier alpha value is -5.64. The fraction of sp³-hybridized carbons (Fsp3) is 0.189. The first-order valence-corrected chi connectivity index (χ1v) is 14.4. The summed E-state index contributed by atoms with van der Waals surface area (Å²) in [6.07, 6.45) is -2.33. The van der Waals surface area contributed by atoms with Crippen molar-refractivity contribution in [2.75, 3.05) is 0 Å². The normalized spacial score (nSPS) is 10.5. The smallest absolute Gasteiger partial charge is 0.338 e. The molecule has 0 aliphatic carbocycles. The van der Waals surface area contributed by atoms with Crippen molar-refractivity contribution in [2.45, 2.75) is 47.0 Å². The van der Waals surface area contributed by atoms with Gasteiger partial charge in [0.05, 0.1) is 0 Å². The van der Waals surface area contributed by atoms with Crippen LogP contribution in [0.15, 0.2) is 103 Å². The number of rotatable bonds is 13. The molecule has 0 spiro atoms. The molecule has 3 rings (SSSR count). The lowest BCUT2D eigenvalue weighted by atomic mass is 9.94. The first-order valence-electron chi connectivity index (χ1n) is 14.4. The molecule has 0 radical (unpaired) electrons. The zero-order valence-corrected chi connectivity index (χ0v) is 26.5. The van der Waals surface area contributed by atoms with Gasteiger partial charge in [-0.2, -0.15) is 0 Å². The number of ether oxygens (including phenoxy) is 4. The molecule has 3 aromatic carbocycles. The van der Waals surface area contributed by atoms with Crippen LogP contribution in [-0.4, -0.2) is 23.9 Å². The monoisotopic (exact) mass is 644 g/mol. The zero-order valence-electron chi connectivity index (χ0n) is 26.5. The Kier molecular flexibility index (Phi) is 11.9. The van der Waals surface area contributed by atoms with Gasteiger partial charge >= 0.3 is 23.9 Å². The van der Waals surface area contributed by atoms with Crippen molar-refractivity contribution >= 4 is 23.9 Å². The third kappa shape index (κ3) is 8.97. The van der Waals surface area contributed by atoms with Crippen molar-refractivity contribution < 1.29 is 46.9 Å². The number of esters is 4. The van der Waals surface area contributed by atoms with Gasteiger partial charge in [-0.3, -0.25) is 0 Å². The number of hydrogen-bond acceptors (Lipinski definition) is 8. The molecular weight excluding hydrogens is 610 g/mol. The summed E-state index contributed by atoms with van der Waals surface area (Å²) >= 11 is 0. The number of carbonyl (C=O) groups is 4. The number of hydrogen-bond donors (Lipinski definition) is 0. The lowest BCUT2D eigenvalue weighted by Crippen LogP contribution is -2.14. The number of benzene rings is 3. The standard InChI is InChI=1S/C37H34F2O8/c1-9-22(7)36(42)45-30-16-13-26(19-32(30)47-37(43)23(8)10-2)27-14-11-24(17-28(27)33(38)39)25-12-15-29(44-34(40)20(3)4)31(18-25)46-35(41)21(5)6/h11-19,33H,3,5,7-10H2,1-2,4,6H3. The summed E-state index contributed by atoms with van der Waals surface area (Å²) in [5, 5.41) is 0. The predicted octanol–water partition coefficient (Wildman–Crippen LogP) is 8.66. The minimum Gasteiger partial charge on any atom is -0.419 e. The van der Waals surface area contributed by atoms with Crippen molar-refractivity contribution in [3.05, 3.63) is 109 Å². The molecule has 0 atom stereocenters. The molecule has 10 heteroatoms. The third-order valence-electron chi connectivity index (χ3n) is 6.76. The SMILES string of the molecule is C=C(C)C(=O)Oc1ccc(-c2ccc(-c3ccc(OC(=O)C(=C)CC)c(OC(=O)C(=C)CC)c3)c(C(F)F)c2)cc1OC(=O)C(=C)C. The van der Waals surface area contributed by atoms with Crippen molar-refractivity contribution in [1.82, 2.24) is 0 Å². The first-order chi connectivity index (χ1) is 22.2. The van der Waals surface area contributed by atoms with Gasteiger partial charge < -0.3 is 18.9 Å². The lowest BCUT2D eigenvalue weighted by molar-refractivity contribution is -0.133. The Bertz CT molecular complexity index is 1800. The van der Waals surface area contributed by atoms with Gasteiger partial charge in [-0.1, -0.05) is 64.4 Å². The highest BCUT2D eigenvalue weighted by atomic mass is 19.3. The van der Waals surface area contributed by atoms with Gasteiger partial charge in [0, 0.05) is 27.9 Å². The van der Waals surface area contributed by atoms with Gasteiger partial charge in [0.2, 0.25) is 0 Å². The summed E-state index contributed by atoms with van der Waals surface area (Å²) in [5.41, 5.74) is 1.17. The van der Waals surface area contributed by atoms with Crippen molar-refractivity contribution in [1.29, 1.82) is 0 Å². The van der Waals surface area contributed by atoms with Gasteiger partial charge in [0.25, 0.3) is 6.43 Å². The van der Waals surface area contributed by atoms with Crippen LogP contribution >= 0.6 is 0 Å². The molecule has 0 aliphatic rings. The predicted molar refractivity (Wildman–Crippen MR) is 173 cm³/mol. The molecule has 8 nitrogen and oxygen atoms in total. The molecular formula is C37H34F2O8. The van der Waals surface area contributed by atoms with Crippen LogP contribution in [0.5, 0.6) is 23.0 Å². The molecule has 0 heterocycles. The van der Waals surface area contributed by atoms with E-state index in [1.165, 1.54) is 62.4 Å². The molecule has 244 valence electrons. The van der Waals surface area contributed by atoms with E-state index in [4.69, 9.17) is 18.9 Å². The molecule has 0 saturated carbocycles. The molecule has 0 fully saturated rings. The molecule has 0 saturated heterocycles. The second kappa shape index (κ2) is 15.6. The largest absolute Gasteiger partial charge is 0.419 e. The molecule has 0 aliphatic heterocycles. The van der Waals surface area contributed by atoms with Crippen molar-refractivity contribution in [3.63, 3.8) is 0 Å². The molecule has 0 amide bonds. The average Bonchev–Trinajstić information content (AvgIpc) is 3.04. The highest BCUT2D eigenvalue weighted by Crippen LogP contribution is 2.40. The van der Waals surface area contributed by atoms with E-state index in [1.807, 2.05) is 0 Å². The Balaban J connectivity index is 2.12. The van der Waals surface area contributed by atoms with E-state index >= 15 is 0 Å². The molecule has 0 unspecified atom stereocenters. The Labute approximate surface area is 271 Å². The van der Waals surface area contributed by atoms with Crippen LogP contribution in [0.1, 0.15) is 52.5 Å². The van der Waals surface area contributed by atoms with Gasteiger partial charge in [-0.15, -0.1) is 0 Å². The average molecular weight is 645 g/mol. The maximum absolute atomic E-state index is 14.6. The summed E-state index contributed by atoms with van der Waals surface area (Å²) in [7, 11) is 0. The van der Waals surface area contributed by atoms with Crippen LogP contribution in [0.2, 0.25) is 0 Å². The van der Waals surface area contributed by atoms with Gasteiger partial charge in [0.1, 0.15) is 0 Å². The first kappa shape index (κ1) is 35.8.